The molecule has 1 amide bonds. The van der Waals surface area contributed by atoms with Crippen LogP contribution in [0.2, 0.25) is 23.2 Å². The van der Waals surface area contributed by atoms with Gasteiger partial charge >= 0.3 is 6.09 Å². The van der Waals surface area contributed by atoms with Crippen LogP contribution >= 0.6 is 0 Å². The van der Waals surface area contributed by atoms with Crippen molar-refractivity contribution in [2.24, 2.45) is 11.8 Å². The summed E-state index contributed by atoms with van der Waals surface area (Å²) >= 11 is 0. The lowest BCUT2D eigenvalue weighted by Crippen LogP contribution is -2.68. The topological polar surface area (TPSA) is 111 Å². The van der Waals surface area contributed by atoms with Gasteiger partial charge in [0.15, 0.2) is 8.32 Å². The van der Waals surface area contributed by atoms with Gasteiger partial charge in [0.2, 0.25) is 5.89 Å². The highest BCUT2D eigenvalue weighted by Crippen LogP contribution is 2.44. The van der Waals surface area contributed by atoms with Gasteiger partial charge in [-0.1, -0.05) is 146 Å². The summed E-state index contributed by atoms with van der Waals surface area (Å²) in [7, 11) is -4.92. The van der Waals surface area contributed by atoms with Crippen LogP contribution in [0.5, 0.6) is 0 Å². The molecule has 11 nitrogen and oxygen atoms in total. The SMILES string of the molecule is C=CC[C@H]1CC(=C)C[C@H](C[C@@H]2C[C@@H](O[Si](c3ccccc3)(c3ccccc3)C(C)(C)C)C[C@H](c3coc(/C=C/C[C@H]4O[C@@H](/C(C)=C/[C@@H]5COC(C)(C)N5C(=O)OC(C)(C)C)[C@H](C)[C@@H](O[Si](CC)(CC)CC)[C@H]4C)n3)O2)O1. The van der Waals surface area contributed by atoms with Crippen LogP contribution in [-0.4, -0.2) is 99.3 Å². The molecule has 3 aromatic rings. The second kappa shape index (κ2) is 25.0. The Balaban J connectivity index is 1.15. The van der Waals surface area contributed by atoms with Gasteiger partial charge in [0.25, 0.3) is 8.32 Å². The van der Waals surface area contributed by atoms with Crippen molar-refractivity contribution >= 4 is 39.2 Å². The molecule has 4 aliphatic heterocycles. The van der Waals surface area contributed by atoms with Crippen LogP contribution < -0.4 is 10.4 Å². The second-order valence-corrected chi connectivity index (χ2v) is 33.9. The first kappa shape index (κ1) is 59.7. The molecule has 0 bridgehead atoms. The number of carbonyl (C=O) groups is 1. The van der Waals surface area contributed by atoms with Crippen LogP contribution in [0, 0.1) is 11.8 Å². The first-order valence-corrected chi connectivity index (χ1v) is 33.1. The minimum absolute atomic E-state index is 0.0149. The zero-order valence-corrected chi connectivity index (χ0v) is 50.8. The van der Waals surface area contributed by atoms with Gasteiger partial charge in [0.1, 0.15) is 29.4 Å². The molecule has 76 heavy (non-hydrogen) atoms. The Morgan fingerprint density at radius 3 is 2.07 bits per heavy atom. The van der Waals surface area contributed by atoms with E-state index in [0.717, 1.165) is 61.5 Å². The van der Waals surface area contributed by atoms with Gasteiger partial charge in [0, 0.05) is 24.7 Å². The number of oxazole rings is 1. The lowest BCUT2D eigenvalue weighted by Gasteiger charge is -2.48. The Kier molecular flexibility index (Phi) is 19.7. The number of ether oxygens (including phenoxy) is 5. The van der Waals surface area contributed by atoms with Crippen LogP contribution in [-0.2, 0) is 32.5 Å². The van der Waals surface area contributed by atoms with Gasteiger partial charge in [-0.05, 0) is 119 Å². The van der Waals surface area contributed by atoms with Gasteiger partial charge in [0.05, 0.1) is 55.4 Å². The van der Waals surface area contributed by atoms with Crippen LogP contribution in [0.3, 0.4) is 0 Å². The van der Waals surface area contributed by atoms with Crippen molar-refractivity contribution < 1.29 is 41.7 Å². The Hall–Kier alpha value is -3.93. The number of aromatic nitrogens is 1. The van der Waals surface area contributed by atoms with E-state index in [1.54, 1.807) is 11.2 Å². The Labute approximate surface area is 459 Å². The number of amides is 1. The molecular weight excluding hydrogens is 985 g/mol. The summed E-state index contributed by atoms with van der Waals surface area (Å²) in [5.41, 5.74) is 1.55. The molecule has 7 rings (SSSR count). The largest absolute Gasteiger partial charge is 0.445 e. The minimum Gasteiger partial charge on any atom is -0.445 e. The van der Waals surface area contributed by atoms with Crippen molar-refractivity contribution in [3.63, 3.8) is 0 Å². The molecule has 4 fully saturated rings. The average molecular weight is 1080 g/mol. The zero-order chi connectivity index (χ0) is 55.2. The summed E-state index contributed by atoms with van der Waals surface area (Å²) in [4.78, 5) is 20.5. The molecule has 0 saturated carbocycles. The molecule has 0 unspecified atom stereocenters. The van der Waals surface area contributed by atoms with Gasteiger partial charge in [-0.2, -0.15) is 0 Å². The summed E-state index contributed by atoms with van der Waals surface area (Å²) in [5.74, 6) is 0.704. The van der Waals surface area contributed by atoms with Gasteiger partial charge in [-0.15, -0.1) is 6.58 Å². The Bertz CT molecular complexity index is 2390. The molecule has 4 saturated heterocycles. The van der Waals surface area contributed by atoms with E-state index >= 15 is 0 Å². The highest BCUT2D eigenvalue weighted by molar-refractivity contribution is 6.99. The number of hydrogen-bond acceptors (Lipinski definition) is 10. The minimum atomic E-state index is -2.90. The van der Waals surface area contributed by atoms with Crippen molar-refractivity contribution in [1.82, 2.24) is 9.88 Å². The normalized spacial score (nSPS) is 29.0. The van der Waals surface area contributed by atoms with Crippen LogP contribution in [0.15, 0.2) is 114 Å². The molecule has 1 aromatic heterocycles. The zero-order valence-electron chi connectivity index (χ0n) is 48.8. The van der Waals surface area contributed by atoms with E-state index in [1.807, 2.05) is 46.8 Å². The molecule has 0 N–H and O–H groups in total. The number of rotatable bonds is 19. The Morgan fingerprint density at radius 2 is 1.47 bits per heavy atom. The van der Waals surface area contributed by atoms with E-state index in [2.05, 4.69) is 148 Å². The first-order valence-electron chi connectivity index (χ1n) is 28.6. The van der Waals surface area contributed by atoms with Crippen molar-refractivity contribution in [3.8, 4) is 0 Å². The van der Waals surface area contributed by atoms with Crippen LogP contribution in [0.1, 0.15) is 160 Å². The van der Waals surface area contributed by atoms with E-state index in [-0.39, 0.29) is 71.7 Å². The van der Waals surface area contributed by atoms with E-state index in [4.69, 9.17) is 41.9 Å². The van der Waals surface area contributed by atoms with Crippen molar-refractivity contribution in [1.29, 1.82) is 0 Å². The fourth-order valence-corrected chi connectivity index (χ4v) is 20.4. The standard InChI is InChI=1S/C63H94N2O9Si2/c1-17-28-48-35-43(5)36-49(69-48)38-50-39-51(73-76(62(12,13)14,52-29-23-21-24-30-52)53-31-25-22-26-32-53)40-56(70-50)54-42-67-57(64-54)34-27-33-55-45(7)59(74-75(18-2,19-3)20-4)46(8)58(71-55)44(6)37-47-41-68-63(15,16)65(47)60(66)72-61(9,10)11/h17,21-27,29-32,34,37,42,45-51,55-56,58-59H,1,5,18-20,28,33,35-36,38-41H2,2-4,6-16H3/b34-27+,44-37+/t45-,46-,47+,48-,49+,50+,51+,55+,56+,58-,59-/m0/s1. The summed E-state index contributed by atoms with van der Waals surface area (Å²) in [6.45, 7) is 38.8. The number of benzene rings is 2. The smallest absolute Gasteiger partial charge is 0.413 e. The fourth-order valence-electron chi connectivity index (χ4n) is 12.6. The van der Waals surface area contributed by atoms with Gasteiger partial charge in [-0.25, -0.2) is 9.78 Å². The van der Waals surface area contributed by atoms with E-state index < -0.39 is 34.1 Å². The summed E-state index contributed by atoms with van der Waals surface area (Å²) in [5, 5.41) is 2.31. The highest BCUT2D eigenvalue weighted by atomic mass is 28.4. The van der Waals surface area contributed by atoms with Crippen molar-refractivity contribution in [2.75, 3.05) is 6.61 Å². The van der Waals surface area contributed by atoms with E-state index in [9.17, 15) is 4.79 Å². The summed E-state index contributed by atoms with van der Waals surface area (Å²) in [6.07, 6.45) is 13.8. The predicted octanol–water partition coefficient (Wildman–Crippen LogP) is 14.1. The van der Waals surface area contributed by atoms with E-state index in [1.165, 1.54) is 15.9 Å². The number of hydrogen-bond donors (Lipinski definition) is 0. The lowest BCUT2D eigenvalue weighted by atomic mass is 9.79. The highest BCUT2D eigenvalue weighted by Gasteiger charge is 2.53. The number of nitrogens with zero attached hydrogens (tertiary/aromatic N) is 2. The fraction of sp³-hybridized carbons (Fsp3) is 0.619. The third-order valence-corrected chi connectivity index (χ3v) is 26.5. The molecular formula is C63H94N2O9Si2. The van der Waals surface area contributed by atoms with Gasteiger partial charge < -0.3 is 37.0 Å². The maximum absolute atomic E-state index is 13.7. The van der Waals surface area contributed by atoms with Gasteiger partial charge in [-0.3, -0.25) is 4.90 Å². The molecule has 13 heteroatoms. The molecule has 2 aromatic carbocycles. The quantitative estimate of drug-likeness (QED) is 0.0850. The molecule has 0 aliphatic carbocycles. The molecule has 418 valence electrons. The summed E-state index contributed by atoms with van der Waals surface area (Å²) < 4.78 is 54.6. The van der Waals surface area contributed by atoms with Crippen molar-refractivity contribution in [2.45, 2.75) is 231 Å². The molecule has 4 aliphatic rings. The third kappa shape index (κ3) is 13.9. The maximum atomic E-state index is 13.7. The van der Waals surface area contributed by atoms with E-state index in [0.29, 0.717) is 25.3 Å². The molecule has 0 radical (unpaired) electrons. The summed E-state index contributed by atoms with van der Waals surface area (Å²) in [6, 6.07) is 24.6. The lowest BCUT2D eigenvalue weighted by molar-refractivity contribution is -0.143. The van der Waals surface area contributed by atoms with Crippen molar-refractivity contribution in [3.05, 3.63) is 121 Å². The monoisotopic (exact) mass is 1080 g/mol. The van der Waals surface area contributed by atoms with Crippen LogP contribution in [0.25, 0.3) is 6.08 Å². The maximum Gasteiger partial charge on any atom is 0.413 e. The Morgan fingerprint density at radius 1 is 0.842 bits per heavy atom. The molecule has 5 heterocycles. The average Bonchev–Trinajstić information content (AvgIpc) is 3.99. The molecule has 0 spiro atoms. The third-order valence-electron chi connectivity index (χ3n) is 16.7. The number of carbonyl (C=O) groups excluding carboxylic acids is 1. The second-order valence-electron chi connectivity index (χ2n) is 24.9. The predicted molar refractivity (Wildman–Crippen MR) is 311 cm³/mol. The first-order chi connectivity index (χ1) is 35.9. The van der Waals surface area contributed by atoms with Crippen LogP contribution in [0.4, 0.5) is 4.79 Å². The molecule has 11 atom stereocenters.